The van der Waals surface area contributed by atoms with Crippen molar-refractivity contribution < 1.29 is 4.79 Å². The molecule has 0 fully saturated rings. The number of carbonyl (C=O) groups is 1. The van der Waals surface area contributed by atoms with Gasteiger partial charge in [0.15, 0.2) is 5.65 Å². The summed E-state index contributed by atoms with van der Waals surface area (Å²) in [4.78, 5) is 17.3. The summed E-state index contributed by atoms with van der Waals surface area (Å²) in [5.41, 5.74) is 7.48. The molecule has 0 saturated heterocycles. The van der Waals surface area contributed by atoms with Crippen molar-refractivity contribution in [3.05, 3.63) is 23.5 Å². The highest BCUT2D eigenvalue weighted by Crippen LogP contribution is 2.21. The molecule has 1 atom stereocenters. The third-order valence-electron chi connectivity index (χ3n) is 4.59. The number of amides is 1. The summed E-state index contributed by atoms with van der Waals surface area (Å²) < 4.78 is 1.86. The van der Waals surface area contributed by atoms with Crippen LogP contribution in [0.3, 0.4) is 0 Å². The summed E-state index contributed by atoms with van der Waals surface area (Å²) in [6.07, 6.45) is 1.75. The molecule has 126 valence electrons. The summed E-state index contributed by atoms with van der Waals surface area (Å²) in [5.74, 6) is 0.0907. The van der Waals surface area contributed by atoms with Crippen molar-refractivity contribution in [2.45, 2.75) is 53.1 Å². The molecule has 6 nitrogen and oxygen atoms in total. The van der Waals surface area contributed by atoms with Gasteiger partial charge in [-0.3, -0.25) is 4.79 Å². The van der Waals surface area contributed by atoms with E-state index in [9.17, 15) is 4.79 Å². The van der Waals surface area contributed by atoms with Crippen LogP contribution in [0.2, 0.25) is 0 Å². The maximum absolute atomic E-state index is 12.7. The molecule has 2 rings (SSSR count). The Labute approximate surface area is 137 Å². The van der Waals surface area contributed by atoms with E-state index in [1.165, 1.54) is 0 Å². The number of nitrogens with one attached hydrogen (secondary N) is 1. The minimum Gasteiger partial charge on any atom is -0.345 e. The smallest absolute Gasteiger partial charge is 0.253 e. The molecule has 6 heteroatoms. The molecule has 1 amide bonds. The van der Waals surface area contributed by atoms with E-state index < -0.39 is 5.54 Å². The zero-order valence-electron chi connectivity index (χ0n) is 14.8. The van der Waals surface area contributed by atoms with Crippen LogP contribution >= 0.6 is 0 Å². The molecule has 2 aromatic heterocycles. The first-order chi connectivity index (χ1) is 10.7. The Morgan fingerprint density at radius 1 is 1.39 bits per heavy atom. The summed E-state index contributed by atoms with van der Waals surface area (Å²) in [5, 5.41) is 8.29. The predicted molar refractivity (Wildman–Crippen MR) is 92.4 cm³/mol. The molecule has 2 aromatic rings. The lowest BCUT2D eigenvalue weighted by molar-refractivity contribution is 0.0882. The molecule has 0 spiro atoms. The third kappa shape index (κ3) is 3.22. The van der Waals surface area contributed by atoms with Crippen molar-refractivity contribution in [2.24, 2.45) is 11.7 Å². The first kappa shape index (κ1) is 17.4. The van der Waals surface area contributed by atoms with Gasteiger partial charge in [0, 0.05) is 18.0 Å². The third-order valence-corrected chi connectivity index (χ3v) is 4.59. The molecule has 0 aliphatic rings. The van der Waals surface area contributed by atoms with Crippen LogP contribution in [0.25, 0.3) is 11.0 Å². The van der Waals surface area contributed by atoms with Gasteiger partial charge < -0.3 is 11.1 Å². The van der Waals surface area contributed by atoms with Crippen LogP contribution in [0.5, 0.6) is 0 Å². The second kappa shape index (κ2) is 6.28. The van der Waals surface area contributed by atoms with E-state index in [0.717, 1.165) is 11.0 Å². The predicted octanol–water partition coefficient (Wildman–Crippen LogP) is 2.42. The molecule has 23 heavy (non-hydrogen) atoms. The standard InChI is InChI=1S/C17H27N5O/c1-10(2)17(6,9-18)21-16(23)14-7-13-8-19-22(11(3)4)15(13)20-12(14)5/h7-8,10-11H,9,18H2,1-6H3,(H,21,23). The van der Waals surface area contributed by atoms with E-state index >= 15 is 0 Å². The summed E-state index contributed by atoms with van der Waals surface area (Å²) in [7, 11) is 0. The van der Waals surface area contributed by atoms with Gasteiger partial charge >= 0.3 is 0 Å². The van der Waals surface area contributed by atoms with E-state index in [4.69, 9.17) is 5.73 Å². The fourth-order valence-electron chi connectivity index (χ4n) is 2.43. The highest BCUT2D eigenvalue weighted by molar-refractivity contribution is 5.98. The minimum absolute atomic E-state index is 0.143. The summed E-state index contributed by atoms with van der Waals surface area (Å²) in [6.45, 7) is 12.4. The zero-order chi connectivity index (χ0) is 17.4. The number of fused-ring (bicyclic) bond motifs is 1. The average Bonchev–Trinajstić information content (AvgIpc) is 2.88. The molecule has 0 aliphatic carbocycles. The number of rotatable bonds is 5. The van der Waals surface area contributed by atoms with Crippen LogP contribution < -0.4 is 11.1 Å². The first-order valence-electron chi connectivity index (χ1n) is 8.07. The van der Waals surface area contributed by atoms with E-state index in [0.29, 0.717) is 17.8 Å². The molecular weight excluding hydrogens is 290 g/mol. The first-order valence-corrected chi connectivity index (χ1v) is 8.07. The molecule has 2 heterocycles. The molecule has 0 radical (unpaired) electrons. The van der Waals surface area contributed by atoms with Gasteiger partial charge in [0.2, 0.25) is 0 Å². The molecule has 0 aromatic carbocycles. The lowest BCUT2D eigenvalue weighted by Gasteiger charge is -2.33. The van der Waals surface area contributed by atoms with Crippen molar-refractivity contribution in [1.82, 2.24) is 20.1 Å². The second-order valence-corrected chi connectivity index (χ2v) is 6.95. The van der Waals surface area contributed by atoms with Gasteiger partial charge in [-0.05, 0) is 39.7 Å². The number of nitrogens with two attached hydrogens (primary N) is 1. The quantitative estimate of drug-likeness (QED) is 0.887. The highest BCUT2D eigenvalue weighted by atomic mass is 16.1. The van der Waals surface area contributed by atoms with E-state index in [1.54, 1.807) is 6.20 Å². The maximum Gasteiger partial charge on any atom is 0.253 e. The summed E-state index contributed by atoms with van der Waals surface area (Å²) in [6, 6.07) is 2.08. The van der Waals surface area contributed by atoms with Gasteiger partial charge in [0.1, 0.15) is 0 Å². The number of carbonyl (C=O) groups excluding carboxylic acids is 1. The second-order valence-electron chi connectivity index (χ2n) is 6.95. The Kier molecular flexibility index (Phi) is 4.75. The number of hydrogen-bond donors (Lipinski definition) is 2. The van der Waals surface area contributed by atoms with Crippen molar-refractivity contribution in [1.29, 1.82) is 0 Å². The van der Waals surface area contributed by atoms with Crippen molar-refractivity contribution in [2.75, 3.05) is 6.54 Å². The maximum atomic E-state index is 12.7. The Morgan fingerprint density at radius 2 is 2.04 bits per heavy atom. The van der Waals surface area contributed by atoms with Crippen molar-refractivity contribution in [3.8, 4) is 0 Å². The Bertz CT molecular complexity index is 719. The Hall–Kier alpha value is -1.95. The topological polar surface area (TPSA) is 85.8 Å². The number of nitrogens with zero attached hydrogens (tertiary/aromatic N) is 3. The lowest BCUT2D eigenvalue weighted by atomic mass is 9.88. The molecule has 3 N–H and O–H groups in total. The van der Waals surface area contributed by atoms with Gasteiger partial charge in [-0.25, -0.2) is 9.67 Å². The van der Waals surface area contributed by atoms with E-state index in [-0.39, 0.29) is 17.9 Å². The average molecular weight is 317 g/mol. The fraction of sp³-hybridized carbons (Fsp3) is 0.588. The van der Waals surface area contributed by atoms with Crippen LogP contribution in [0, 0.1) is 12.8 Å². The van der Waals surface area contributed by atoms with Gasteiger partial charge in [-0.1, -0.05) is 13.8 Å². The minimum atomic E-state index is -0.444. The number of pyridine rings is 1. The Morgan fingerprint density at radius 3 is 2.57 bits per heavy atom. The number of aromatic nitrogens is 3. The molecular formula is C17H27N5O. The van der Waals surface area contributed by atoms with Crippen LogP contribution in [0.1, 0.15) is 56.7 Å². The molecule has 0 aliphatic heterocycles. The number of hydrogen-bond acceptors (Lipinski definition) is 4. The molecule has 1 unspecified atom stereocenters. The van der Waals surface area contributed by atoms with Crippen molar-refractivity contribution in [3.63, 3.8) is 0 Å². The lowest BCUT2D eigenvalue weighted by Crippen LogP contribution is -2.55. The molecule has 0 saturated carbocycles. The van der Waals surface area contributed by atoms with Gasteiger partial charge in [0.05, 0.1) is 23.0 Å². The Balaban J connectivity index is 2.40. The van der Waals surface area contributed by atoms with E-state index in [1.807, 2.05) is 38.4 Å². The van der Waals surface area contributed by atoms with Crippen molar-refractivity contribution >= 4 is 16.9 Å². The largest absolute Gasteiger partial charge is 0.345 e. The SMILES string of the molecule is Cc1nc2c(cnn2C(C)C)cc1C(=O)NC(C)(CN)C(C)C. The molecule has 0 bridgehead atoms. The van der Waals surface area contributed by atoms with Crippen LogP contribution in [-0.4, -0.2) is 32.8 Å². The monoisotopic (exact) mass is 317 g/mol. The van der Waals surface area contributed by atoms with Crippen LogP contribution in [-0.2, 0) is 0 Å². The fourth-order valence-corrected chi connectivity index (χ4v) is 2.43. The normalized spacial score (nSPS) is 14.5. The van der Waals surface area contributed by atoms with Crippen LogP contribution in [0.4, 0.5) is 0 Å². The van der Waals surface area contributed by atoms with Crippen LogP contribution in [0.15, 0.2) is 12.3 Å². The zero-order valence-corrected chi connectivity index (χ0v) is 14.8. The van der Waals surface area contributed by atoms with Gasteiger partial charge in [0.25, 0.3) is 5.91 Å². The highest BCUT2D eigenvalue weighted by Gasteiger charge is 2.29. The van der Waals surface area contributed by atoms with Gasteiger partial charge in [-0.2, -0.15) is 5.10 Å². The number of aryl methyl sites for hydroxylation is 1. The summed E-state index contributed by atoms with van der Waals surface area (Å²) >= 11 is 0. The van der Waals surface area contributed by atoms with Gasteiger partial charge in [-0.15, -0.1) is 0 Å². The van der Waals surface area contributed by atoms with E-state index in [2.05, 4.69) is 29.2 Å².